The lowest BCUT2D eigenvalue weighted by molar-refractivity contribution is 0.200. The van der Waals surface area contributed by atoms with E-state index in [0.29, 0.717) is 5.92 Å². The summed E-state index contributed by atoms with van der Waals surface area (Å²) < 4.78 is 0. The number of hydrogen-bond donors (Lipinski definition) is 1. The molecule has 3 rings (SSSR count). The summed E-state index contributed by atoms with van der Waals surface area (Å²) in [5.41, 5.74) is 4.23. The molecule has 0 aromatic heterocycles. The highest BCUT2D eigenvalue weighted by Crippen LogP contribution is 2.32. The molecule has 0 saturated heterocycles. The van der Waals surface area contributed by atoms with Gasteiger partial charge in [-0.2, -0.15) is 5.10 Å². The van der Waals surface area contributed by atoms with Crippen LogP contribution in [0.15, 0.2) is 23.3 Å². The van der Waals surface area contributed by atoms with E-state index in [2.05, 4.69) is 30.4 Å². The third-order valence-electron chi connectivity index (χ3n) is 4.60. The zero-order chi connectivity index (χ0) is 15.7. The van der Waals surface area contributed by atoms with Crippen molar-refractivity contribution in [3.8, 4) is 0 Å². The molecule has 1 aliphatic carbocycles. The molecule has 1 aromatic rings. The number of anilines is 1. The summed E-state index contributed by atoms with van der Waals surface area (Å²) in [6, 6.07) is 6.19. The minimum atomic E-state index is -0.132. The van der Waals surface area contributed by atoms with E-state index in [4.69, 9.17) is 5.10 Å². The first-order valence-corrected chi connectivity index (χ1v) is 8.36. The Morgan fingerprint density at radius 2 is 1.95 bits per heavy atom. The Balaban J connectivity index is 2.08. The fourth-order valence-corrected chi connectivity index (χ4v) is 3.40. The Morgan fingerprint density at radius 3 is 2.64 bits per heavy atom. The first-order chi connectivity index (χ1) is 10.6. The first kappa shape index (κ1) is 15.1. The number of hydrazone groups is 1. The first-order valence-electron chi connectivity index (χ1n) is 8.36. The quantitative estimate of drug-likeness (QED) is 0.856. The number of benzene rings is 1. The van der Waals surface area contributed by atoms with Gasteiger partial charge in [-0.1, -0.05) is 31.4 Å². The SMILES string of the molecule is Cc1ccc2c(c1)NC(=O)N(C(C)C)N=C2C1CCCCC1. The van der Waals surface area contributed by atoms with Crippen LogP contribution in [0.25, 0.3) is 0 Å². The standard InChI is InChI=1S/C18H25N3O/c1-12(2)21-18(22)19-16-11-13(3)9-10-15(16)17(20-21)14-7-5-4-6-8-14/h9-12,14H,4-8H2,1-3H3,(H,19,22). The van der Waals surface area contributed by atoms with Gasteiger partial charge in [0.05, 0.1) is 17.4 Å². The molecule has 0 bridgehead atoms. The number of aryl methyl sites for hydroxylation is 1. The lowest BCUT2D eigenvalue weighted by atomic mass is 9.83. The zero-order valence-electron chi connectivity index (χ0n) is 13.7. The summed E-state index contributed by atoms with van der Waals surface area (Å²) in [6.07, 6.45) is 6.18. The maximum atomic E-state index is 12.5. The predicted molar refractivity (Wildman–Crippen MR) is 90.3 cm³/mol. The number of nitrogens with one attached hydrogen (secondary N) is 1. The second-order valence-electron chi connectivity index (χ2n) is 6.74. The van der Waals surface area contributed by atoms with E-state index in [1.54, 1.807) is 5.01 Å². The molecule has 118 valence electrons. The van der Waals surface area contributed by atoms with E-state index in [1.807, 2.05) is 13.8 Å². The molecule has 0 spiro atoms. The van der Waals surface area contributed by atoms with Crippen molar-refractivity contribution in [3.05, 3.63) is 29.3 Å². The maximum absolute atomic E-state index is 12.5. The summed E-state index contributed by atoms with van der Waals surface area (Å²) >= 11 is 0. The largest absolute Gasteiger partial charge is 0.342 e. The van der Waals surface area contributed by atoms with E-state index in [0.717, 1.165) is 22.5 Å². The Hall–Kier alpha value is -1.84. The highest BCUT2D eigenvalue weighted by molar-refractivity contribution is 6.11. The van der Waals surface area contributed by atoms with Gasteiger partial charge in [0.1, 0.15) is 0 Å². The molecule has 1 saturated carbocycles. The molecule has 1 aromatic carbocycles. The van der Waals surface area contributed by atoms with Crippen LogP contribution in [0.1, 0.15) is 57.1 Å². The average molecular weight is 299 g/mol. The van der Waals surface area contributed by atoms with Crippen molar-refractivity contribution >= 4 is 17.4 Å². The van der Waals surface area contributed by atoms with Crippen LogP contribution < -0.4 is 5.32 Å². The van der Waals surface area contributed by atoms with Crippen LogP contribution in [-0.2, 0) is 0 Å². The summed E-state index contributed by atoms with van der Waals surface area (Å²) in [5.74, 6) is 0.462. The smallest absolute Gasteiger partial charge is 0.306 e. The molecule has 2 amide bonds. The lowest BCUT2D eigenvalue weighted by Gasteiger charge is -2.25. The molecule has 22 heavy (non-hydrogen) atoms. The minimum absolute atomic E-state index is 0.0500. The molecule has 1 heterocycles. The van der Waals surface area contributed by atoms with Gasteiger partial charge < -0.3 is 5.32 Å². The summed E-state index contributed by atoms with van der Waals surface area (Å²) in [4.78, 5) is 12.5. The Morgan fingerprint density at radius 1 is 1.23 bits per heavy atom. The molecule has 4 nitrogen and oxygen atoms in total. The zero-order valence-corrected chi connectivity index (χ0v) is 13.7. The Kier molecular flexibility index (Phi) is 4.19. The topological polar surface area (TPSA) is 44.7 Å². The van der Waals surface area contributed by atoms with Crippen LogP contribution in [0, 0.1) is 12.8 Å². The monoisotopic (exact) mass is 299 g/mol. The number of hydrogen-bond acceptors (Lipinski definition) is 2. The van der Waals surface area contributed by atoms with Crippen molar-refractivity contribution in [2.75, 3.05) is 5.32 Å². The molecule has 1 aliphatic heterocycles. The second kappa shape index (κ2) is 6.11. The Bertz CT molecular complexity index is 600. The van der Waals surface area contributed by atoms with Gasteiger partial charge in [0.15, 0.2) is 0 Å². The van der Waals surface area contributed by atoms with Gasteiger partial charge in [0.2, 0.25) is 0 Å². The number of fused-ring (bicyclic) bond motifs is 1. The molecule has 4 heteroatoms. The third kappa shape index (κ3) is 2.87. The minimum Gasteiger partial charge on any atom is -0.306 e. The van der Waals surface area contributed by atoms with Gasteiger partial charge in [-0.05, 0) is 45.2 Å². The van der Waals surface area contributed by atoms with Gasteiger partial charge >= 0.3 is 6.03 Å². The number of amides is 2. The molecule has 0 unspecified atom stereocenters. The average Bonchev–Trinajstić information content (AvgIpc) is 2.63. The van der Waals surface area contributed by atoms with E-state index in [9.17, 15) is 4.79 Å². The number of carbonyl (C=O) groups excluding carboxylic acids is 1. The molecule has 1 N–H and O–H groups in total. The lowest BCUT2D eigenvalue weighted by Crippen LogP contribution is -2.35. The molecular weight excluding hydrogens is 274 g/mol. The second-order valence-corrected chi connectivity index (χ2v) is 6.74. The maximum Gasteiger partial charge on any atom is 0.342 e. The van der Waals surface area contributed by atoms with Crippen molar-refractivity contribution in [3.63, 3.8) is 0 Å². The van der Waals surface area contributed by atoms with Crippen LogP contribution in [0.2, 0.25) is 0 Å². The van der Waals surface area contributed by atoms with Crippen molar-refractivity contribution in [2.24, 2.45) is 11.0 Å². The van der Waals surface area contributed by atoms with Crippen LogP contribution in [-0.4, -0.2) is 22.8 Å². The van der Waals surface area contributed by atoms with Gasteiger partial charge in [0, 0.05) is 11.5 Å². The predicted octanol–water partition coefficient (Wildman–Crippen LogP) is 4.54. The number of nitrogens with zero attached hydrogens (tertiary/aromatic N) is 2. The van der Waals surface area contributed by atoms with E-state index in [-0.39, 0.29) is 12.1 Å². The van der Waals surface area contributed by atoms with Crippen molar-refractivity contribution in [1.29, 1.82) is 0 Å². The number of carbonyl (C=O) groups is 1. The molecular formula is C18H25N3O. The highest BCUT2D eigenvalue weighted by Gasteiger charge is 2.29. The normalized spacial score (nSPS) is 19.5. The molecule has 1 fully saturated rings. The highest BCUT2D eigenvalue weighted by atomic mass is 16.2. The summed E-state index contributed by atoms with van der Waals surface area (Å²) in [7, 11) is 0. The van der Waals surface area contributed by atoms with E-state index in [1.165, 1.54) is 32.1 Å². The molecule has 0 atom stereocenters. The van der Waals surface area contributed by atoms with Crippen LogP contribution in [0.4, 0.5) is 10.5 Å². The van der Waals surface area contributed by atoms with Crippen molar-refractivity contribution < 1.29 is 4.79 Å². The number of rotatable bonds is 2. The van der Waals surface area contributed by atoms with Gasteiger partial charge in [0.25, 0.3) is 0 Å². The molecule has 0 radical (unpaired) electrons. The summed E-state index contributed by atoms with van der Waals surface area (Å²) in [5, 5.41) is 9.42. The van der Waals surface area contributed by atoms with Gasteiger partial charge in [-0.25, -0.2) is 9.80 Å². The van der Waals surface area contributed by atoms with Crippen molar-refractivity contribution in [2.45, 2.75) is 58.9 Å². The summed E-state index contributed by atoms with van der Waals surface area (Å²) in [6.45, 7) is 6.06. The third-order valence-corrected chi connectivity index (χ3v) is 4.60. The molecule has 2 aliphatic rings. The van der Waals surface area contributed by atoms with Crippen LogP contribution in [0.5, 0.6) is 0 Å². The van der Waals surface area contributed by atoms with Crippen LogP contribution >= 0.6 is 0 Å². The van der Waals surface area contributed by atoms with E-state index < -0.39 is 0 Å². The van der Waals surface area contributed by atoms with Gasteiger partial charge in [-0.3, -0.25) is 0 Å². The van der Waals surface area contributed by atoms with Gasteiger partial charge in [-0.15, -0.1) is 0 Å². The fourth-order valence-electron chi connectivity index (χ4n) is 3.40. The van der Waals surface area contributed by atoms with Crippen molar-refractivity contribution in [1.82, 2.24) is 5.01 Å². The Labute approximate surface area is 132 Å². The van der Waals surface area contributed by atoms with E-state index >= 15 is 0 Å². The number of urea groups is 1. The fraction of sp³-hybridized carbons (Fsp3) is 0.556. The van der Waals surface area contributed by atoms with Crippen LogP contribution in [0.3, 0.4) is 0 Å².